The molecule has 0 aliphatic rings. The molecule has 0 aliphatic carbocycles. The van der Waals surface area contributed by atoms with Gasteiger partial charge in [0.05, 0.1) is 0 Å². The molecule has 1 rings (SSSR count). The molecule has 8 heteroatoms. The summed E-state index contributed by atoms with van der Waals surface area (Å²) >= 11 is 11.2. The highest BCUT2D eigenvalue weighted by atomic mass is 35.5. The lowest BCUT2D eigenvalue weighted by Crippen LogP contribution is -2.36. The predicted octanol–water partition coefficient (Wildman–Crippen LogP) is 0.219. The first-order valence-corrected chi connectivity index (χ1v) is 5.84. The van der Waals surface area contributed by atoms with Crippen molar-refractivity contribution in [3.8, 4) is 6.07 Å². The van der Waals surface area contributed by atoms with Gasteiger partial charge in [-0.1, -0.05) is 0 Å². The number of halogens is 2. The molecule has 0 atom stereocenters. The molecule has 6 nitrogen and oxygen atoms in total. The first kappa shape index (κ1) is 13.6. The van der Waals surface area contributed by atoms with Crippen molar-refractivity contribution in [2.45, 2.75) is 0 Å². The van der Waals surface area contributed by atoms with Crippen LogP contribution in [0.15, 0.2) is 9.59 Å². The summed E-state index contributed by atoms with van der Waals surface area (Å²) in [5.74, 6) is 0.556. The largest absolute Gasteiger partial charge is 0.362 e. The summed E-state index contributed by atoms with van der Waals surface area (Å²) in [5, 5.41) is 8.89. The van der Waals surface area contributed by atoms with E-state index < -0.39 is 11.2 Å². The average molecular weight is 277 g/mol. The molecular weight excluding hydrogens is 267 g/mol. The Morgan fingerprint density at radius 3 is 2.24 bits per heavy atom. The second kappa shape index (κ2) is 6.33. The van der Waals surface area contributed by atoms with E-state index in [0.717, 1.165) is 0 Å². The van der Waals surface area contributed by atoms with Gasteiger partial charge in [0.15, 0.2) is 5.69 Å². The van der Waals surface area contributed by atoms with E-state index in [2.05, 4.69) is 9.97 Å². The third kappa shape index (κ3) is 3.25. The maximum absolute atomic E-state index is 11.7. The van der Waals surface area contributed by atoms with Crippen molar-refractivity contribution >= 4 is 28.9 Å². The molecule has 0 amide bonds. The number of nitrogens with one attached hydrogen (secondary N) is 2. The number of rotatable bonds is 5. The fraction of sp³-hybridized carbons (Fsp3) is 0.444. The number of nitriles is 1. The molecule has 1 heterocycles. The number of hydrogen-bond donors (Lipinski definition) is 2. The Morgan fingerprint density at radius 2 is 1.76 bits per heavy atom. The number of H-pyrrole nitrogens is 2. The van der Waals surface area contributed by atoms with Crippen LogP contribution >= 0.6 is 23.2 Å². The molecule has 0 saturated heterocycles. The van der Waals surface area contributed by atoms with Crippen LogP contribution in [-0.4, -0.2) is 34.8 Å². The van der Waals surface area contributed by atoms with Crippen LogP contribution in [0.5, 0.6) is 0 Å². The topological polar surface area (TPSA) is 92.7 Å². The fourth-order valence-corrected chi connectivity index (χ4v) is 1.81. The zero-order valence-electron chi connectivity index (χ0n) is 8.80. The lowest BCUT2D eigenvalue weighted by molar-refractivity contribution is 0.845. The SMILES string of the molecule is N#Cc1[nH]c(=O)[nH]c(=O)c1N(CCCl)CCCl. The molecule has 92 valence electrons. The van der Waals surface area contributed by atoms with Gasteiger partial charge < -0.3 is 4.90 Å². The first-order valence-electron chi connectivity index (χ1n) is 4.77. The molecule has 0 saturated carbocycles. The van der Waals surface area contributed by atoms with Gasteiger partial charge in [0, 0.05) is 24.8 Å². The highest BCUT2D eigenvalue weighted by Gasteiger charge is 2.16. The van der Waals surface area contributed by atoms with Crippen LogP contribution in [-0.2, 0) is 0 Å². The normalized spacial score (nSPS) is 9.94. The molecule has 0 radical (unpaired) electrons. The van der Waals surface area contributed by atoms with E-state index in [9.17, 15) is 9.59 Å². The van der Waals surface area contributed by atoms with Gasteiger partial charge in [0.25, 0.3) is 5.56 Å². The minimum Gasteiger partial charge on any atom is -0.362 e. The molecule has 2 N–H and O–H groups in total. The molecular formula is C9H10Cl2N4O2. The monoisotopic (exact) mass is 276 g/mol. The van der Waals surface area contributed by atoms with Crippen molar-refractivity contribution < 1.29 is 0 Å². The first-order chi connectivity index (χ1) is 8.13. The van der Waals surface area contributed by atoms with Crippen LogP contribution in [0.4, 0.5) is 5.69 Å². The Kier molecular flexibility index (Phi) is 5.07. The fourth-order valence-electron chi connectivity index (χ4n) is 1.40. The molecule has 0 spiro atoms. The van der Waals surface area contributed by atoms with Crippen LogP contribution in [0, 0.1) is 11.3 Å². The van der Waals surface area contributed by atoms with Crippen LogP contribution in [0.2, 0.25) is 0 Å². The Bertz CT molecular complexity index is 525. The van der Waals surface area contributed by atoms with Gasteiger partial charge in [-0.05, 0) is 0 Å². The van der Waals surface area contributed by atoms with E-state index in [-0.39, 0.29) is 23.1 Å². The number of anilines is 1. The van der Waals surface area contributed by atoms with Gasteiger partial charge in [0.1, 0.15) is 11.8 Å². The quantitative estimate of drug-likeness (QED) is 0.753. The lowest BCUT2D eigenvalue weighted by atomic mass is 10.3. The number of hydrogen-bond acceptors (Lipinski definition) is 4. The van der Waals surface area contributed by atoms with Crippen LogP contribution in [0.1, 0.15) is 5.69 Å². The van der Waals surface area contributed by atoms with Crippen LogP contribution in [0.3, 0.4) is 0 Å². The third-order valence-corrected chi connectivity index (χ3v) is 2.39. The predicted molar refractivity (Wildman–Crippen MR) is 66.1 cm³/mol. The Balaban J connectivity index is 3.32. The summed E-state index contributed by atoms with van der Waals surface area (Å²) in [6.07, 6.45) is 0. The summed E-state index contributed by atoms with van der Waals surface area (Å²) < 4.78 is 0. The van der Waals surface area contributed by atoms with Gasteiger partial charge in [-0.3, -0.25) is 14.8 Å². The molecule has 0 aromatic carbocycles. The van der Waals surface area contributed by atoms with Crippen molar-refractivity contribution in [3.05, 3.63) is 26.5 Å². The van der Waals surface area contributed by atoms with Crippen molar-refractivity contribution in [2.75, 3.05) is 29.7 Å². The molecule has 17 heavy (non-hydrogen) atoms. The minimum absolute atomic E-state index is 0.0889. The maximum Gasteiger partial charge on any atom is 0.326 e. The summed E-state index contributed by atoms with van der Waals surface area (Å²) in [6, 6.07) is 1.77. The van der Waals surface area contributed by atoms with Crippen LogP contribution < -0.4 is 16.1 Å². The zero-order valence-corrected chi connectivity index (χ0v) is 10.3. The number of nitrogens with zero attached hydrogens (tertiary/aromatic N) is 2. The van der Waals surface area contributed by atoms with Gasteiger partial charge in [0.2, 0.25) is 0 Å². The van der Waals surface area contributed by atoms with E-state index in [0.29, 0.717) is 13.1 Å². The highest BCUT2D eigenvalue weighted by molar-refractivity contribution is 6.18. The number of aromatic nitrogens is 2. The summed E-state index contributed by atoms with van der Waals surface area (Å²) in [4.78, 5) is 28.6. The maximum atomic E-state index is 11.7. The van der Waals surface area contributed by atoms with Crippen molar-refractivity contribution in [2.24, 2.45) is 0 Å². The van der Waals surface area contributed by atoms with Crippen LogP contribution in [0.25, 0.3) is 0 Å². The standard InChI is InChI=1S/C9H10Cl2N4O2/c10-1-3-15(4-2-11)7-6(5-12)13-9(17)14-8(7)16/h1-4H2,(H2,13,14,16,17). The average Bonchev–Trinajstić information content (AvgIpc) is 2.28. The lowest BCUT2D eigenvalue weighted by Gasteiger charge is -2.21. The van der Waals surface area contributed by atoms with E-state index in [1.54, 1.807) is 11.0 Å². The van der Waals surface area contributed by atoms with E-state index in [4.69, 9.17) is 28.5 Å². The van der Waals surface area contributed by atoms with Gasteiger partial charge in [-0.2, -0.15) is 5.26 Å². The molecule has 1 aromatic heterocycles. The Labute approximate surface area is 107 Å². The van der Waals surface area contributed by atoms with Gasteiger partial charge in [-0.15, -0.1) is 23.2 Å². The summed E-state index contributed by atoms with van der Waals surface area (Å²) in [7, 11) is 0. The van der Waals surface area contributed by atoms with E-state index in [1.165, 1.54) is 0 Å². The zero-order chi connectivity index (χ0) is 12.8. The smallest absolute Gasteiger partial charge is 0.326 e. The van der Waals surface area contributed by atoms with Gasteiger partial charge >= 0.3 is 5.69 Å². The minimum atomic E-state index is -0.716. The second-order valence-electron chi connectivity index (χ2n) is 3.11. The highest BCUT2D eigenvalue weighted by Crippen LogP contribution is 2.10. The van der Waals surface area contributed by atoms with E-state index >= 15 is 0 Å². The van der Waals surface area contributed by atoms with Gasteiger partial charge in [-0.25, -0.2) is 4.79 Å². The summed E-state index contributed by atoms with van der Waals surface area (Å²) in [5.41, 5.74) is -1.34. The summed E-state index contributed by atoms with van der Waals surface area (Å²) in [6.45, 7) is 0.718. The van der Waals surface area contributed by atoms with Crippen molar-refractivity contribution in [1.29, 1.82) is 5.26 Å². The second-order valence-corrected chi connectivity index (χ2v) is 3.86. The van der Waals surface area contributed by atoms with E-state index in [1.807, 2.05) is 0 Å². The Morgan fingerprint density at radius 1 is 1.18 bits per heavy atom. The molecule has 0 aliphatic heterocycles. The van der Waals surface area contributed by atoms with Crippen molar-refractivity contribution in [3.63, 3.8) is 0 Å². The number of aromatic amines is 2. The third-order valence-electron chi connectivity index (χ3n) is 2.05. The Hall–Kier alpha value is -1.45. The molecule has 0 bridgehead atoms. The molecule has 0 unspecified atom stereocenters. The number of alkyl halides is 2. The molecule has 1 aromatic rings. The molecule has 0 fully saturated rings. The van der Waals surface area contributed by atoms with Crippen molar-refractivity contribution in [1.82, 2.24) is 9.97 Å².